The Bertz CT molecular complexity index is 416. The monoisotopic (exact) mass is 265 g/mol. The number of oxime groups is 1. The number of rotatable bonds is 4. The van der Waals surface area contributed by atoms with Crippen LogP contribution in [0.2, 0.25) is 0 Å². The van der Waals surface area contributed by atoms with Gasteiger partial charge in [0.2, 0.25) is 0 Å². The fourth-order valence-corrected chi connectivity index (χ4v) is 1.25. The van der Waals surface area contributed by atoms with Crippen LogP contribution in [0, 0.1) is 11.7 Å². The molecule has 0 aliphatic carbocycles. The maximum atomic E-state index is 12.6. The second kappa shape index (κ2) is 5.56. The van der Waals surface area contributed by atoms with E-state index >= 15 is 0 Å². The largest absolute Gasteiger partial charge is 0.409 e. The van der Waals surface area contributed by atoms with E-state index in [2.05, 4.69) is 10.5 Å². The fourth-order valence-electron chi connectivity index (χ4n) is 1.25. The van der Waals surface area contributed by atoms with Gasteiger partial charge in [-0.25, -0.2) is 4.39 Å². The molecule has 0 aliphatic rings. The number of halogens is 4. The van der Waals surface area contributed by atoms with Crippen molar-refractivity contribution in [2.75, 3.05) is 11.9 Å². The van der Waals surface area contributed by atoms with Crippen LogP contribution in [-0.4, -0.2) is 23.8 Å². The molecule has 0 fully saturated rings. The minimum atomic E-state index is -4.64. The first-order valence-electron chi connectivity index (χ1n) is 4.88. The van der Waals surface area contributed by atoms with Gasteiger partial charge in [0.15, 0.2) is 5.84 Å². The highest BCUT2D eigenvalue weighted by atomic mass is 19.4. The van der Waals surface area contributed by atoms with Gasteiger partial charge in [-0.1, -0.05) is 5.16 Å². The van der Waals surface area contributed by atoms with Crippen molar-refractivity contribution >= 4 is 11.5 Å². The van der Waals surface area contributed by atoms with E-state index in [1.54, 1.807) is 0 Å². The van der Waals surface area contributed by atoms with Crippen molar-refractivity contribution in [3.05, 3.63) is 30.1 Å². The third-order valence-electron chi connectivity index (χ3n) is 2.22. The Morgan fingerprint density at radius 2 is 1.89 bits per heavy atom. The van der Waals surface area contributed by atoms with E-state index in [1.165, 1.54) is 12.1 Å². The Balaban J connectivity index is 2.71. The van der Waals surface area contributed by atoms with Gasteiger partial charge in [-0.3, -0.25) is 0 Å². The summed E-state index contributed by atoms with van der Waals surface area (Å²) in [6.07, 6.45) is -4.64. The molecule has 1 aromatic carbocycles. The number of amidine groups is 1. The quantitative estimate of drug-likeness (QED) is 0.257. The standard InChI is InChI=1S/C10H11F4N3O/c11-6-1-3-7(4-2-6)16-5-8(9(15)17-18)10(12,13)14/h1-4,8,16,18H,5H2,(H2,15,17). The van der Waals surface area contributed by atoms with Crippen LogP contribution in [0.25, 0.3) is 0 Å². The summed E-state index contributed by atoms with van der Waals surface area (Å²) in [7, 11) is 0. The van der Waals surface area contributed by atoms with Gasteiger partial charge in [0.25, 0.3) is 0 Å². The zero-order valence-electron chi connectivity index (χ0n) is 9.08. The summed E-state index contributed by atoms with van der Waals surface area (Å²) in [5, 5.41) is 13.1. The van der Waals surface area contributed by atoms with Gasteiger partial charge in [-0.05, 0) is 24.3 Å². The number of hydrogen-bond donors (Lipinski definition) is 3. The highest BCUT2D eigenvalue weighted by molar-refractivity contribution is 5.83. The van der Waals surface area contributed by atoms with Gasteiger partial charge in [-0.2, -0.15) is 13.2 Å². The third-order valence-corrected chi connectivity index (χ3v) is 2.22. The molecule has 100 valence electrons. The molecule has 1 atom stereocenters. The van der Waals surface area contributed by atoms with Crippen LogP contribution >= 0.6 is 0 Å². The van der Waals surface area contributed by atoms with Gasteiger partial charge in [-0.15, -0.1) is 0 Å². The van der Waals surface area contributed by atoms with Gasteiger partial charge < -0.3 is 16.3 Å². The summed E-state index contributed by atoms with van der Waals surface area (Å²) < 4.78 is 50.2. The average molecular weight is 265 g/mol. The molecule has 0 aliphatic heterocycles. The summed E-state index contributed by atoms with van der Waals surface area (Å²) in [4.78, 5) is 0. The predicted octanol–water partition coefficient (Wildman–Crippen LogP) is 2.16. The van der Waals surface area contributed by atoms with Gasteiger partial charge in [0.1, 0.15) is 11.7 Å². The van der Waals surface area contributed by atoms with Crippen LogP contribution in [0.15, 0.2) is 29.4 Å². The van der Waals surface area contributed by atoms with Crippen LogP contribution in [0.4, 0.5) is 23.2 Å². The van der Waals surface area contributed by atoms with Crippen LogP contribution in [0.1, 0.15) is 0 Å². The van der Waals surface area contributed by atoms with E-state index < -0.39 is 30.3 Å². The first kappa shape index (κ1) is 14.1. The lowest BCUT2D eigenvalue weighted by atomic mass is 10.1. The summed E-state index contributed by atoms with van der Waals surface area (Å²) in [6.45, 7) is -0.606. The summed E-state index contributed by atoms with van der Waals surface area (Å²) in [6, 6.07) is 4.78. The Labute approximate surface area is 100 Å². The lowest BCUT2D eigenvalue weighted by Crippen LogP contribution is -2.40. The van der Waals surface area contributed by atoms with E-state index in [9.17, 15) is 17.6 Å². The molecular formula is C10H11F4N3O. The molecule has 4 N–H and O–H groups in total. The zero-order chi connectivity index (χ0) is 13.8. The number of anilines is 1. The molecule has 0 saturated carbocycles. The highest BCUT2D eigenvalue weighted by Crippen LogP contribution is 2.26. The minimum Gasteiger partial charge on any atom is -0.409 e. The van der Waals surface area contributed by atoms with Crippen molar-refractivity contribution in [2.45, 2.75) is 6.18 Å². The van der Waals surface area contributed by atoms with Gasteiger partial charge in [0.05, 0.1) is 0 Å². The molecule has 0 aromatic heterocycles. The number of hydrogen-bond acceptors (Lipinski definition) is 3. The molecular weight excluding hydrogens is 254 g/mol. The first-order valence-corrected chi connectivity index (χ1v) is 4.88. The topological polar surface area (TPSA) is 70.6 Å². The fraction of sp³-hybridized carbons (Fsp3) is 0.300. The maximum absolute atomic E-state index is 12.6. The van der Waals surface area contributed by atoms with Crippen molar-refractivity contribution in [2.24, 2.45) is 16.8 Å². The molecule has 0 saturated heterocycles. The van der Waals surface area contributed by atoms with Crippen molar-refractivity contribution in [3.63, 3.8) is 0 Å². The lowest BCUT2D eigenvalue weighted by Gasteiger charge is -2.19. The Kier molecular flexibility index (Phi) is 4.35. The second-order valence-electron chi connectivity index (χ2n) is 3.51. The normalized spacial score (nSPS) is 14.3. The molecule has 0 amide bonds. The Morgan fingerprint density at radius 1 is 1.33 bits per heavy atom. The number of nitrogens with one attached hydrogen (secondary N) is 1. The number of alkyl halides is 3. The summed E-state index contributed by atoms with van der Waals surface area (Å²) >= 11 is 0. The summed E-state index contributed by atoms with van der Waals surface area (Å²) in [5.41, 5.74) is 5.27. The second-order valence-corrected chi connectivity index (χ2v) is 3.51. The third kappa shape index (κ3) is 3.79. The van der Waals surface area contributed by atoms with Crippen molar-refractivity contribution < 1.29 is 22.8 Å². The molecule has 1 rings (SSSR count). The number of benzene rings is 1. The minimum absolute atomic E-state index is 0.302. The van der Waals surface area contributed by atoms with Crippen LogP contribution < -0.4 is 11.1 Å². The van der Waals surface area contributed by atoms with E-state index in [4.69, 9.17) is 10.9 Å². The average Bonchev–Trinajstić information content (AvgIpc) is 2.29. The van der Waals surface area contributed by atoms with E-state index in [0.717, 1.165) is 12.1 Å². The van der Waals surface area contributed by atoms with Gasteiger partial charge in [0, 0.05) is 12.2 Å². The molecule has 8 heteroatoms. The van der Waals surface area contributed by atoms with E-state index in [0.29, 0.717) is 5.69 Å². The van der Waals surface area contributed by atoms with Gasteiger partial charge >= 0.3 is 6.18 Å². The molecule has 1 aromatic rings. The summed E-state index contributed by atoms with van der Waals surface area (Å²) in [5.74, 6) is -3.55. The predicted molar refractivity (Wildman–Crippen MR) is 57.8 cm³/mol. The first-order chi connectivity index (χ1) is 8.34. The molecule has 18 heavy (non-hydrogen) atoms. The molecule has 0 spiro atoms. The molecule has 1 unspecified atom stereocenters. The number of nitrogens with zero attached hydrogens (tertiary/aromatic N) is 1. The molecule has 4 nitrogen and oxygen atoms in total. The van der Waals surface area contributed by atoms with Crippen LogP contribution in [-0.2, 0) is 0 Å². The van der Waals surface area contributed by atoms with Crippen LogP contribution in [0.3, 0.4) is 0 Å². The molecule has 0 heterocycles. The van der Waals surface area contributed by atoms with Crippen LogP contribution in [0.5, 0.6) is 0 Å². The highest BCUT2D eigenvalue weighted by Gasteiger charge is 2.42. The zero-order valence-corrected chi connectivity index (χ0v) is 9.08. The van der Waals surface area contributed by atoms with Crippen molar-refractivity contribution in [3.8, 4) is 0 Å². The number of nitrogens with two attached hydrogens (primary N) is 1. The van der Waals surface area contributed by atoms with Crippen molar-refractivity contribution in [1.29, 1.82) is 0 Å². The SMILES string of the molecule is N/C(=N/O)C(CNc1ccc(F)cc1)C(F)(F)F. The molecule has 0 radical (unpaired) electrons. The lowest BCUT2D eigenvalue weighted by molar-refractivity contribution is -0.152. The Morgan fingerprint density at radius 3 is 2.33 bits per heavy atom. The van der Waals surface area contributed by atoms with Crippen molar-refractivity contribution in [1.82, 2.24) is 0 Å². The van der Waals surface area contributed by atoms with E-state index in [-0.39, 0.29) is 0 Å². The maximum Gasteiger partial charge on any atom is 0.400 e. The molecule has 0 bridgehead atoms. The Hall–Kier alpha value is -1.99. The van der Waals surface area contributed by atoms with E-state index in [1.807, 2.05) is 0 Å². The smallest absolute Gasteiger partial charge is 0.400 e.